The van der Waals surface area contributed by atoms with Crippen LogP contribution in [0.5, 0.6) is 0 Å². The second-order valence-corrected chi connectivity index (χ2v) is 3.59. The molecule has 0 heterocycles. The van der Waals surface area contributed by atoms with Crippen molar-refractivity contribution in [2.75, 3.05) is 7.05 Å². The van der Waals surface area contributed by atoms with Gasteiger partial charge in [0.15, 0.2) is 0 Å². The molecule has 0 atom stereocenters. The van der Waals surface area contributed by atoms with E-state index in [4.69, 9.17) is 0 Å². The highest BCUT2D eigenvalue weighted by molar-refractivity contribution is 5.30. The molecule has 0 aliphatic heterocycles. The highest BCUT2D eigenvalue weighted by Gasteiger charge is 2.02. The lowest BCUT2D eigenvalue weighted by molar-refractivity contribution is 0.874. The van der Waals surface area contributed by atoms with E-state index in [1.165, 1.54) is 16.8 Å². The second kappa shape index (κ2) is 5.63. The van der Waals surface area contributed by atoms with Gasteiger partial charge >= 0.3 is 0 Å². The summed E-state index contributed by atoms with van der Waals surface area (Å²) in [4.78, 5) is 0. The predicted molar refractivity (Wildman–Crippen MR) is 60.6 cm³/mol. The topological polar surface area (TPSA) is 12.0 Å². The molecule has 0 aromatic rings. The van der Waals surface area contributed by atoms with Gasteiger partial charge in [0.2, 0.25) is 0 Å². The van der Waals surface area contributed by atoms with Crippen molar-refractivity contribution in [2.24, 2.45) is 0 Å². The Kier molecular flexibility index (Phi) is 5.20. The van der Waals surface area contributed by atoms with Crippen LogP contribution in [0.3, 0.4) is 0 Å². The van der Waals surface area contributed by atoms with Gasteiger partial charge in [-0.1, -0.05) is 17.7 Å². The molecule has 0 rings (SSSR count). The lowest BCUT2D eigenvalue weighted by Crippen LogP contribution is -2.06. The van der Waals surface area contributed by atoms with Crippen molar-refractivity contribution >= 4 is 0 Å². The van der Waals surface area contributed by atoms with Crippen molar-refractivity contribution in [1.82, 2.24) is 5.32 Å². The number of nitrogens with one attached hydrogen (secondary N) is 1. The zero-order chi connectivity index (χ0) is 10.4. The first-order valence-electron chi connectivity index (χ1n) is 4.66. The van der Waals surface area contributed by atoms with E-state index in [1.54, 1.807) is 0 Å². The lowest BCUT2D eigenvalue weighted by Gasteiger charge is -2.11. The standard InChI is InChI=1S/C12H21N/c1-9(2)7-8-12(10(3)4)11(5)13-6/h13H,1,3,7-8H2,2,4-6H3/b12-11+. The Balaban J connectivity index is 4.45. The quantitative estimate of drug-likeness (QED) is 0.504. The summed E-state index contributed by atoms with van der Waals surface area (Å²) in [5.74, 6) is 0. The molecule has 0 spiro atoms. The molecule has 13 heavy (non-hydrogen) atoms. The molecule has 1 nitrogen and oxygen atoms in total. The normalized spacial score (nSPS) is 12.0. The summed E-state index contributed by atoms with van der Waals surface area (Å²) in [6.45, 7) is 14.1. The molecule has 0 aromatic carbocycles. The molecule has 1 N–H and O–H groups in total. The predicted octanol–water partition coefficient (Wildman–Crippen LogP) is 3.41. The van der Waals surface area contributed by atoms with Crippen molar-refractivity contribution in [3.63, 3.8) is 0 Å². The summed E-state index contributed by atoms with van der Waals surface area (Å²) in [7, 11) is 1.94. The van der Waals surface area contributed by atoms with Crippen LogP contribution >= 0.6 is 0 Å². The zero-order valence-electron chi connectivity index (χ0n) is 9.33. The van der Waals surface area contributed by atoms with Gasteiger partial charge < -0.3 is 5.32 Å². The molecule has 0 unspecified atom stereocenters. The van der Waals surface area contributed by atoms with Gasteiger partial charge in [0.05, 0.1) is 0 Å². The summed E-state index contributed by atoms with van der Waals surface area (Å²) in [5.41, 5.74) is 4.91. The lowest BCUT2D eigenvalue weighted by atomic mass is 9.99. The van der Waals surface area contributed by atoms with Crippen molar-refractivity contribution in [3.8, 4) is 0 Å². The average Bonchev–Trinajstić information content (AvgIpc) is 2.03. The van der Waals surface area contributed by atoms with E-state index in [9.17, 15) is 0 Å². The van der Waals surface area contributed by atoms with E-state index in [2.05, 4.69) is 39.2 Å². The van der Waals surface area contributed by atoms with Crippen LogP contribution in [0.15, 0.2) is 35.6 Å². The van der Waals surface area contributed by atoms with Crippen LogP contribution in [0.4, 0.5) is 0 Å². The maximum Gasteiger partial charge on any atom is 0.0107 e. The van der Waals surface area contributed by atoms with E-state index >= 15 is 0 Å². The van der Waals surface area contributed by atoms with Crippen LogP contribution in [-0.2, 0) is 0 Å². The first kappa shape index (κ1) is 12.0. The van der Waals surface area contributed by atoms with E-state index in [0.717, 1.165) is 18.4 Å². The SMILES string of the molecule is C=C(C)CC/C(C(=C)C)=C(/C)NC. The number of hydrogen-bond donors (Lipinski definition) is 1. The molecule has 0 saturated carbocycles. The molecule has 1 heteroatoms. The van der Waals surface area contributed by atoms with Gasteiger partial charge in [-0.05, 0) is 39.2 Å². The molecular weight excluding hydrogens is 158 g/mol. The summed E-state index contributed by atoms with van der Waals surface area (Å²) in [6.07, 6.45) is 2.08. The fraction of sp³-hybridized carbons (Fsp3) is 0.500. The van der Waals surface area contributed by atoms with Crippen LogP contribution in [0.2, 0.25) is 0 Å². The molecule has 74 valence electrons. The van der Waals surface area contributed by atoms with Crippen molar-refractivity contribution in [3.05, 3.63) is 35.6 Å². The Morgan fingerprint density at radius 1 is 1.08 bits per heavy atom. The third-order valence-corrected chi connectivity index (χ3v) is 2.14. The fourth-order valence-corrected chi connectivity index (χ4v) is 1.21. The van der Waals surface area contributed by atoms with Gasteiger partial charge in [0.1, 0.15) is 0 Å². The van der Waals surface area contributed by atoms with Crippen LogP contribution < -0.4 is 5.32 Å². The van der Waals surface area contributed by atoms with Gasteiger partial charge in [0.25, 0.3) is 0 Å². The minimum Gasteiger partial charge on any atom is -0.391 e. The third kappa shape index (κ3) is 4.56. The summed E-state index contributed by atoms with van der Waals surface area (Å²) >= 11 is 0. The minimum atomic E-state index is 1.04. The Labute approximate surface area is 82.2 Å². The molecule has 0 amide bonds. The van der Waals surface area contributed by atoms with E-state index in [-0.39, 0.29) is 0 Å². The Bertz CT molecular complexity index is 234. The minimum absolute atomic E-state index is 1.04. The van der Waals surface area contributed by atoms with Crippen LogP contribution in [0, 0.1) is 0 Å². The first-order valence-corrected chi connectivity index (χ1v) is 4.66. The molecule has 0 bridgehead atoms. The summed E-state index contributed by atoms with van der Waals surface area (Å²) in [5, 5.41) is 3.16. The fourth-order valence-electron chi connectivity index (χ4n) is 1.21. The highest BCUT2D eigenvalue weighted by atomic mass is 14.8. The van der Waals surface area contributed by atoms with Gasteiger partial charge in [-0.25, -0.2) is 0 Å². The van der Waals surface area contributed by atoms with Crippen LogP contribution in [0.25, 0.3) is 0 Å². The van der Waals surface area contributed by atoms with Gasteiger partial charge in [-0.15, -0.1) is 6.58 Å². The molecule has 0 aliphatic carbocycles. The molecule has 0 aromatic heterocycles. The molecule has 0 aliphatic rings. The maximum atomic E-state index is 3.97. The Morgan fingerprint density at radius 2 is 1.62 bits per heavy atom. The summed E-state index contributed by atoms with van der Waals surface area (Å²) < 4.78 is 0. The van der Waals surface area contributed by atoms with Crippen LogP contribution in [-0.4, -0.2) is 7.05 Å². The summed E-state index contributed by atoms with van der Waals surface area (Å²) in [6, 6.07) is 0. The largest absolute Gasteiger partial charge is 0.391 e. The Hall–Kier alpha value is -0.980. The van der Waals surface area contributed by atoms with E-state index in [1.807, 2.05) is 7.05 Å². The van der Waals surface area contributed by atoms with Crippen molar-refractivity contribution in [2.45, 2.75) is 33.6 Å². The van der Waals surface area contributed by atoms with Crippen LogP contribution in [0.1, 0.15) is 33.6 Å². The zero-order valence-corrected chi connectivity index (χ0v) is 9.33. The van der Waals surface area contributed by atoms with Gasteiger partial charge in [0, 0.05) is 12.7 Å². The average molecular weight is 179 g/mol. The molecule has 0 radical (unpaired) electrons. The number of allylic oxidation sites excluding steroid dienone is 4. The molecular formula is C12H21N. The van der Waals surface area contributed by atoms with E-state index < -0.39 is 0 Å². The van der Waals surface area contributed by atoms with E-state index in [0.29, 0.717) is 0 Å². The van der Waals surface area contributed by atoms with Gasteiger partial charge in [-0.2, -0.15) is 0 Å². The maximum absolute atomic E-state index is 3.97. The third-order valence-electron chi connectivity index (χ3n) is 2.14. The van der Waals surface area contributed by atoms with Crippen molar-refractivity contribution in [1.29, 1.82) is 0 Å². The number of rotatable bonds is 5. The monoisotopic (exact) mass is 179 g/mol. The smallest absolute Gasteiger partial charge is 0.0107 e. The first-order chi connectivity index (χ1) is 5.99. The second-order valence-electron chi connectivity index (χ2n) is 3.59. The van der Waals surface area contributed by atoms with Crippen molar-refractivity contribution < 1.29 is 0 Å². The molecule has 0 fully saturated rings. The van der Waals surface area contributed by atoms with Gasteiger partial charge in [-0.3, -0.25) is 0 Å². The highest BCUT2D eigenvalue weighted by Crippen LogP contribution is 2.19. The Morgan fingerprint density at radius 3 is 1.92 bits per heavy atom. The molecule has 0 saturated heterocycles. The number of hydrogen-bond acceptors (Lipinski definition) is 1.